The molecule has 0 radical (unpaired) electrons. The summed E-state index contributed by atoms with van der Waals surface area (Å²) in [5.41, 5.74) is 1.44. The Morgan fingerprint density at radius 2 is 2.00 bits per heavy atom. The molecule has 2 aromatic rings. The van der Waals surface area contributed by atoms with Crippen molar-refractivity contribution >= 4 is 10.9 Å². The fourth-order valence-electron chi connectivity index (χ4n) is 1.45. The lowest BCUT2D eigenvalue weighted by Gasteiger charge is -2.18. The van der Waals surface area contributed by atoms with Crippen molar-refractivity contribution in [3.63, 3.8) is 0 Å². The highest BCUT2D eigenvalue weighted by atomic mass is 19.1. The van der Waals surface area contributed by atoms with Crippen molar-refractivity contribution in [2.45, 2.75) is 26.2 Å². The summed E-state index contributed by atoms with van der Waals surface area (Å²) in [7, 11) is 0. The van der Waals surface area contributed by atoms with Crippen LogP contribution < -0.4 is 0 Å². The molecule has 2 rings (SSSR count). The molecule has 74 valence electrons. The fourth-order valence-corrected chi connectivity index (χ4v) is 1.45. The number of nitrogens with zero attached hydrogens (tertiary/aromatic N) is 1. The Morgan fingerprint density at radius 3 is 2.64 bits per heavy atom. The van der Waals surface area contributed by atoms with Gasteiger partial charge in [0.15, 0.2) is 0 Å². The predicted molar refractivity (Wildman–Crippen MR) is 54.8 cm³/mol. The quantitative estimate of drug-likeness (QED) is 0.683. The third kappa shape index (κ3) is 1.39. The molecule has 0 bridgehead atoms. The van der Waals surface area contributed by atoms with Gasteiger partial charge in [0.05, 0.1) is 6.20 Å². The average Bonchev–Trinajstić information content (AvgIpc) is 2.50. The number of rotatable bonds is 0. The maximum atomic E-state index is 13.5. The number of hydrogen-bond donors (Lipinski definition) is 1. The first-order chi connectivity index (χ1) is 6.48. The molecular weight excluding hydrogens is 179 g/mol. The van der Waals surface area contributed by atoms with Crippen molar-refractivity contribution in [1.29, 1.82) is 0 Å². The molecule has 0 amide bonds. The number of aromatic nitrogens is 2. The fraction of sp³-hybridized carbons (Fsp3) is 0.364. The Balaban J connectivity index is 2.70. The highest BCUT2D eigenvalue weighted by Crippen LogP contribution is 2.26. The van der Waals surface area contributed by atoms with Gasteiger partial charge in [0, 0.05) is 5.39 Å². The lowest BCUT2D eigenvalue weighted by molar-refractivity contribution is 0.576. The zero-order valence-electron chi connectivity index (χ0n) is 8.56. The number of hydrogen-bond acceptors (Lipinski definition) is 1. The van der Waals surface area contributed by atoms with E-state index >= 15 is 0 Å². The first kappa shape index (κ1) is 9.19. The van der Waals surface area contributed by atoms with Crippen LogP contribution in [0.4, 0.5) is 4.39 Å². The SMILES string of the molecule is CC(C)(C)c1cc(F)c2[nH]ncc2c1. The Hall–Kier alpha value is -1.38. The molecule has 1 aromatic carbocycles. The van der Waals surface area contributed by atoms with Gasteiger partial charge in [0.2, 0.25) is 0 Å². The lowest BCUT2D eigenvalue weighted by Crippen LogP contribution is -2.11. The number of benzene rings is 1. The molecule has 0 fully saturated rings. The number of fused-ring (bicyclic) bond motifs is 1. The third-order valence-corrected chi connectivity index (χ3v) is 2.37. The molecule has 0 aliphatic rings. The van der Waals surface area contributed by atoms with Crippen LogP contribution in [0.15, 0.2) is 18.3 Å². The van der Waals surface area contributed by atoms with E-state index < -0.39 is 0 Å². The van der Waals surface area contributed by atoms with Crippen LogP contribution in [0.5, 0.6) is 0 Å². The van der Waals surface area contributed by atoms with Crippen LogP contribution in [-0.4, -0.2) is 10.2 Å². The van der Waals surface area contributed by atoms with Crippen LogP contribution >= 0.6 is 0 Å². The van der Waals surface area contributed by atoms with Crippen molar-refractivity contribution in [1.82, 2.24) is 10.2 Å². The summed E-state index contributed by atoms with van der Waals surface area (Å²) < 4.78 is 13.5. The zero-order chi connectivity index (χ0) is 10.3. The minimum absolute atomic E-state index is 0.0354. The van der Waals surface area contributed by atoms with Gasteiger partial charge in [-0.15, -0.1) is 0 Å². The first-order valence-electron chi connectivity index (χ1n) is 4.61. The van der Waals surface area contributed by atoms with Crippen LogP contribution in [0, 0.1) is 5.82 Å². The maximum Gasteiger partial charge on any atom is 0.149 e. The second kappa shape index (κ2) is 2.80. The maximum absolute atomic E-state index is 13.5. The van der Waals surface area contributed by atoms with Gasteiger partial charge in [0.25, 0.3) is 0 Å². The molecule has 2 nitrogen and oxygen atoms in total. The van der Waals surface area contributed by atoms with Gasteiger partial charge in [0.1, 0.15) is 11.3 Å². The molecule has 0 spiro atoms. The van der Waals surface area contributed by atoms with Gasteiger partial charge in [-0.05, 0) is 23.1 Å². The second-order valence-electron chi connectivity index (χ2n) is 4.54. The predicted octanol–water partition coefficient (Wildman–Crippen LogP) is 3.00. The van der Waals surface area contributed by atoms with Crippen molar-refractivity contribution < 1.29 is 4.39 Å². The topological polar surface area (TPSA) is 28.7 Å². The summed E-state index contributed by atoms with van der Waals surface area (Å²) in [6.45, 7) is 6.19. The smallest absolute Gasteiger partial charge is 0.149 e. The van der Waals surface area contributed by atoms with Crippen LogP contribution in [-0.2, 0) is 5.41 Å². The van der Waals surface area contributed by atoms with Crippen molar-refractivity contribution in [3.05, 3.63) is 29.7 Å². The van der Waals surface area contributed by atoms with Crippen molar-refractivity contribution in [2.75, 3.05) is 0 Å². The first-order valence-corrected chi connectivity index (χ1v) is 4.61. The molecule has 1 N–H and O–H groups in total. The lowest BCUT2D eigenvalue weighted by atomic mass is 9.86. The van der Waals surface area contributed by atoms with Crippen LogP contribution in [0.3, 0.4) is 0 Å². The standard InChI is InChI=1S/C11H13FN2/c1-11(2,3)8-4-7-6-13-14-10(7)9(12)5-8/h4-6H,1-3H3,(H,13,14). The van der Waals surface area contributed by atoms with Crippen LogP contribution in [0.25, 0.3) is 10.9 Å². The van der Waals surface area contributed by atoms with Crippen LogP contribution in [0.1, 0.15) is 26.3 Å². The molecule has 0 atom stereocenters. The normalized spacial score (nSPS) is 12.3. The Kier molecular flexibility index (Phi) is 1.84. The minimum atomic E-state index is -0.232. The second-order valence-corrected chi connectivity index (χ2v) is 4.54. The van der Waals surface area contributed by atoms with E-state index in [4.69, 9.17) is 0 Å². The van der Waals surface area contributed by atoms with Gasteiger partial charge in [-0.3, -0.25) is 5.10 Å². The van der Waals surface area contributed by atoms with Gasteiger partial charge in [-0.2, -0.15) is 5.10 Å². The molecule has 1 aromatic heterocycles. The molecule has 0 aliphatic carbocycles. The summed E-state index contributed by atoms with van der Waals surface area (Å²) in [6, 6.07) is 3.54. The number of halogens is 1. The van der Waals surface area contributed by atoms with Crippen molar-refractivity contribution in [2.24, 2.45) is 0 Å². The average molecular weight is 192 g/mol. The minimum Gasteiger partial charge on any atom is -0.275 e. The Labute approximate surface area is 82.1 Å². The van der Waals surface area contributed by atoms with E-state index in [-0.39, 0.29) is 11.2 Å². The highest BCUT2D eigenvalue weighted by Gasteiger charge is 2.16. The Morgan fingerprint density at radius 1 is 1.29 bits per heavy atom. The summed E-state index contributed by atoms with van der Waals surface area (Å²) in [6.07, 6.45) is 1.65. The van der Waals surface area contributed by atoms with Crippen molar-refractivity contribution in [3.8, 4) is 0 Å². The van der Waals surface area contributed by atoms with E-state index in [1.54, 1.807) is 12.3 Å². The van der Waals surface area contributed by atoms with E-state index in [1.807, 2.05) is 6.07 Å². The summed E-state index contributed by atoms with van der Waals surface area (Å²) in [5, 5.41) is 7.29. The van der Waals surface area contributed by atoms with E-state index in [0.29, 0.717) is 5.52 Å². The molecule has 0 unspecified atom stereocenters. The summed E-state index contributed by atoms with van der Waals surface area (Å²) >= 11 is 0. The third-order valence-electron chi connectivity index (χ3n) is 2.37. The zero-order valence-corrected chi connectivity index (χ0v) is 8.56. The number of H-pyrrole nitrogens is 1. The molecule has 0 aliphatic heterocycles. The van der Waals surface area contributed by atoms with E-state index in [9.17, 15) is 4.39 Å². The number of nitrogens with one attached hydrogen (secondary N) is 1. The van der Waals surface area contributed by atoms with E-state index in [2.05, 4.69) is 31.0 Å². The monoisotopic (exact) mass is 192 g/mol. The van der Waals surface area contributed by atoms with E-state index in [0.717, 1.165) is 10.9 Å². The van der Waals surface area contributed by atoms with Gasteiger partial charge in [-0.25, -0.2) is 4.39 Å². The number of aromatic amines is 1. The molecule has 0 saturated carbocycles. The molecular formula is C11H13FN2. The van der Waals surface area contributed by atoms with Gasteiger partial charge in [-0.1, -0.05) is 20.8 Å². The molecule has 0 saturated heterocycles. The summed E-state index contributed by atoms with van der Waals surface area (Å²) in [4.78, 5) is 0. The molecule has 1 heterocycles. The van der Waals surface area contributed by atoms with Gasteiger partial charge < -0.3 is 0 Å². The van der Waals surface area contributed by atoms with Gasteiger partial charge >= 0.3 is 0 Å². The van der Waals surface area contributed by atoms with E-state index in [1.165, 1.54) is 0 Å². The summed E-state index contributed by atoms with van der Waals surface area (Å²) in [5.74, 6) is -0.232. The highest BCUT2D eigenvalue weighted by molar-refractivity contribution is 5.79. The molecule has 3 heteroatoms. The van der Waals surface area contributed by atoms with Crippen LogP contribution in [0.2, 0.25) is 0 Å². The molecule has 14 heavy (non-hydrogen) atoms. The largest absolute Gasteiger partial charge is 0.275 e. The Bertz CT molecular complexity index is 466.